The third kappa shape index (κ3) is 5.29. The Morgan fingerprint density at radius 2 is 1.96 bits per heavy atom. The fourth-order valence-corrected chi connectivity index (χ4v) is 4.00. The van der Waals surface area contributed by atoms with Crippen LogP contribution in [0.25, 0.3) is 0 Å². The van der Waals surface area contributed by atoms with Crippen molar-refractivity contribution in [3.05, 3.63) is 52.5 Å². The maximum atomic E-state index is 13.6. The summed E-state index contributed by atoms with van der Waals surface area (Å²) < 4.78 is 18.8. The standard InChI is InChI=1S/C20H25FN2O2S/c21-17-7-3-4-8-19(17)25-14-20(24)22-13-18(16-9-12-26-15-16)23-10-5-1-2-6-11-23/h3-4,7-9,12,15,18H,1-2,5-6,10-11,13-14H2,(H,22,24). The normalized spacial score (nSPS) is 16.7. The first kappa shape index (κ1) is 18.9. The SMILES string of the molecule is O=C(COc1ccccc1F)NCC(c1ccsc1)N1CCCCCC1. The van der Waals surface area contributed by atoms with Gasteiger partial charge in [0.15, 0.2) is 18.2 Å². The van der Waals surface area contributed by atoms with E-state index in [1.807, 2.05) is 0 Å². The van der Waals surface area contributed by atoms with Gasteiger partial charge in [0.1, 0.15) is 0 Å². The number of para-hydroxylation sites is 1. The molecule has 0 saturated carbocycles. The van der Waals surface area contributed by atoms with Gasteiger partial charge in [0, 0.05) is 6.54 Å². The first-order valence-electron chi connectivity index (χ1n) is 9.14. The van der Waals surface area contributed by atoms with Crippen LogP contribution in [0.15, 0.2) is 41.1 Å². The third-order valence-corrected chi connectivity index (χ3v) is 5.40. The van der Waals surface area contributed by atoms with E-state index in [-0.39, 0.29) is 24.3 Å². The zero-order valence-corrected chi connectivity index (χ0v) is 15.6. The van der Waals surface area contributed by atoms with Crippen LogP contribution in [0, 0.1) is 5.82 Å². The van der Waals surface area contributed by atoms with Gasteiger partial charge in [-0.2, -0.15) is 11.3 Å². The topological polar surface area (TPSA) is 41.6 Å². The summed E-state index contributed by atoms with van der Waals surface area (Å²) in [5, 5.41) is 7.18. The first-order chi connectivity index (χ1) is 12.7. The molecule has 0 aliphatic carbocycles. The predicted molar refractivity (Wildman–Crippen MR) is 102 cm³/mol. The van der Waals surface area contributed by atoms with Gasteiger partial charge < -0.3 is 10.1 Å². The summed E-state index contributed by atoms with van der Waals surface area (Å²) in [4.78, 5) is 14.6. The van der Waals surface area contributed by atoms with Crippen LogP contribution >= 0.6 is 11.3 Å². The number of benzene rings is 1. The van der Waals surface area contributed by atoms with Crippen molar-refractivity contribution in [2.75, 3.05) is 26.2 Å². The highest BCUT2D eigenvalue weighted by Crippen LogP contribution is 2.25. The molecule has 1 N–H and O–H groups in total. The molecule has 0 bridgehead atoms. The number of thiophene rings is 1. The van der Waals surface area contributed by atoms with E-state index in [0.29, 0.717) is 6.54 Å². The van der Waals surface area contributed by atoms with Gasteiger partial charge >= 0.3 is 0 Å². The van der Waals surface area contributed by atoms with Crippen LogP contribution in [-0.4, -0.2) is 37.0 Å². The Balaban J connectivity index is 1.55. The Bertz CT molecular complexity index is 685. The number of nitrogens with zero attached hydrogens (tertiary/aromatic N) is 1. The lowest BCUT2D eigenvalue weighted by atomic mass is 10.1. The average molecular weight is 376 g/mol. The van der Waals surface area contributed by atoms with E-state index in [1.165, 1.54) is 43.4 Å². The number of ether oxygens (including phenoxy) is 1. The lowest BCUT2D eigenvalue weighted by Crippen LogP contribution is -2.40. The lowest BCUT2D eigenvalue weighted by Gasteiger charge is -2.30. The molecule has 1 aliphatic heterocycles. The van der Waals surface area contributed by atoms with Crippen LogP contribution in [0.2, 0.25) is 0 Å². The molecular formula is C20H25FN2O2S. The second kappa shape index (κ2) is 9.69. The van der Waals surface area contributed by atoms with Crippen LogP contribution in [0.3, 0.4) is 0 Å². The molecule has 4 nitrogen and oxygen atoms in total. The van der Waals surface area contributed by atoms with E-state index in [2.05, 4.69) is 27.0 Å². The number of rotatable bonds is 7. The molecule has 3 rings (SSSR count). The zero-order chi connectivity index (χ0) is 18.2. The maximum absolute atomic E-state index is 13.6. The van der Waals surface area contributed by atoms with Gasteiger partial charge in [0.25, 0.3) is 5.91 Å². The summed E-state index contributed by atoms with van der Waals surface area (Å²) in [6.07, 6.45) is 4.95. The highest BCUT2D eigenvalue weighted by molar-refractivity contribution is 7.07. The van der Waals surface area contributed by atoms with Crippen molar-refractivity contribution < 1.29 is 13.9 Å². The first-order valence-corrected chi connectivity index (χ1v) is 10.1. The minimum absolute atomic E-state index is 0.101. The van der Waals surface area contributed by atoms with Gasteiger partial charge in [-0.1, -0.05) is 25.0 Å². The molecule has 1 fully saturated rings. The molecular weight excluding hydrogens is 351 g/mol. The number of likely N-dealkylation sites (tertiary alicyclic amines) is 1. The van der Waals surface area contributed by atoms with E-state index < -0.39 is 5.82 Å². The van der Waals surface area contributed by atoms with Crippen LogP contribution in [0.5, 0.6) is 5.75 Å². The molecule has 2 aromatic rings. The fourth-order valence-electron chi connectivity index (χ4n) is 3.30. The Labute approximate surface area is 158 Å². The molecule has 1 saturated heterocycles. The molecule has 140 valence electrons. The van der Waals surface area contributed by atoms with Crippen LogP contribution in [-0.2, 0) is 4.79 Å². The van der Waals surface area contributed by atoms with E-state index >= 15 is 0 Å². The van der Waals surface area contributed by atoms with E-state index in [4.69, 9.17) is 4.74 Å². The molecule has 1 amide bonds. The van der Waals surface area contributed by atoms with Crippen LogP contribution in [0.4, 0.5) is 4.39 Å². The van der Waals surface area contributed by atoms with Crippen molar-refractivity contribution in [3.63, 3.8) is 0 Å². The summed E-state index contributed by atoms with van der Waals surface area (Å²) in [7, 11) is 0. The van der Waals surface area contributed by atoms with Gasteiger partial charge in [0.2, 0.25) is 0 Å². The second-order valence-corrected chi connectivity index (χ2v) is 7.33. The average Bonchev–Trinajstić information content (AvgIpc) is 3.04. The van der Waals surface area contributed by atoms with Gasteiger partial charge in [-0.05, 0) is 60.5 Å². The Morgan fingerprint density at radius 3 is 2.65 bits per heavy atom. The van der Waals surface area contributed by atoms with Crippen molar-refractivity contribution in [2.45, 2.75) is 31.7 Å². The van der Waals surface area contributed by atoms with E-state index in [0.717, 1.165) is 13.1 Å². The quantitative estimate of drug-likeness (QED) is 0.794. The summed E-state index contributed by atoms with van der Waals surface area (Å²) in [5.41, 5.74) is 1.24. The summed E-state index contributed by atoms with van der Waals surface area (Å²) in [5.74, 6) is -0.589. The van der Waals surface area contributed by atoms with Gasteiger partial charge in [-0.15, -0.1) is 0 Å². The minimum atomic E-state index is -0.457. The monoisotopic (exact) mass is 376 g/mol. The Morgan fingerprint density at radius 1 is 1.19 bits per heavy atom. The number of hydrogen-bond acceptors (Lipinski definition) is 4. The lowest BCUT2D eigenvalue weighted by molar-refractivity contribution is -0.123. The molecule has 0 radical (unpaired) electrons. The second-order valence-electron chi connectivity index (χ2n) is 6.55. The Kier molecular flexibility index (Phi) is 7.03. The molecule has 1 atom stereocenters. The highest BCUT2D eigenvalue weighted by atomic mass is 32.1. The molecule has 6 heteroatoms. The number of nitrogens with one attached hydrogen (secondary N) is 1. The zero-order valence-electron chi connectivity index (χ0n) is 14.8. The summed E-state index contributed by atoms with van der Waals surface area (Å²) in [6.45, 7) is 2.47. The van der Waals surface area contributed by atoms with Crippen molar-refractivity contribution in [2.24, 2.45) is 0 Å². The fraction of sp³-hybridized carbons (Fsp3) is 0.450. The number of hydrogen-bond donors (Lipinski definition) is 1. The van der Waals surface area contributed by atoms with Gasteiger partial charge in [0.05, 0.1) is 6.04 Å². The molecule has 2 heterocycles. The number of carbonyl (C=O) groups excluding carboxylic acids is 1. The van der Waals surface area contributed by atoms with Crippen LogP contribution in [0.1, 0.15) is 37.3 Å². The molecule has 1 unspecified atom stereocenters. The van der Waals surface area contributed by atoms with E-state index in [1.54, 1.807) is 23.5 Å². The number of amides is 1. The maximum Gasteiger partial charge on any atom is 0.258 e. The van der Waals surface area contributed by atoms with Crippen molar-refractivity contribution in [1.82, 2.24) is 10.2 Å². The van der Waals surface area contributed by atoms with Crippen LogP contribution < -0.4 is 10.1 Å². The van der Waals surface area contributed by atoms with Gasteiger partial charge in [-0.25, -0.2) is 4.39 Å². The van der Waals surface area contributed by atoms with E-state index in [9.17, 15) is 9.18 Å². The molecule has 1 aliphatic rings. The van der Waals surface area contributed by atoms with Crippen molar-refractivity contribution in [3.8, 4) is 5.75 Å². The Hall–Kier alpha value is -1.92. The predicted octanol–water partition coefficient (Wildman–Crippen LogP) is 4.00. The minimum Gasteiger partial charge on any atom is -0.481 e. The number of halogens is 1. The summed E-state index contributed by atoms with van der Waals surface area (Å²) >= 11 is 1.67. The van der Waals surface area contributed by atoms with Crippen molar-refractivity contribution >= 4 is 17.2 Å². The number of carbonyl (C=O) groups is 1. The van der Waals surface area contributed by atoms with Gasteiger partial charge in [-0.3, -0.25) is 9.69 Å². The molecule has 1 aromatic carbocycles. The third-order valence-electron chi connectivity index (χ3n) is 4.70. The molecule has 26 heavy (non-hydrogen) atoms. The summed E-state index contributed by atoms with van der Waals surface area (Å²) in [6, 6.07) is 8.42. The van der Waals surface area contributed by atoms with Crippen molar-refractivity contribution in [1.29, 1.82) is 0 Å². The smallest absolute Gasteiger partial charge is 0.258 e. The molecule has 0 spiro atoms. The largest absolute Gasteiger partial charge is 0.481 e. The molecule has 1 aromatic heterocycles. The highest BCUT2D eigenvalue weighted by Gasteiger charge is 2.22.